The van der Waals surface area contributed by atoms with Crippen LogP contribution < -0.4 is 10.2 Å². The van der Waals surface area contributed by atoms with Crippen molar-refractivity contribution in [2.75, 3.05) is 6.61 Å². The predicted molar refractivity (Wildman–Crippen MR) is 102 cm³/mol. The summed E-state index contributed by atoms with van der Waals surface area (Å²) in [6.07, 6.45) is -3.07. The molecule has 0 radical (unpaired) electrons. The Morgan fingerprint density at radius 3 is 2.54 bits per heavy atom. The number of carbonyl (C=O) groups is 1. The molecule has 3 rings (SSSR count). The number of nitrogens with one attached hydrogen (secondary N) is 1. The van der Waals surface area contributed by atoms with Crippen molar-refractivity contribution in [1.29, 1.82) is 0 Å². The SMILES string of the molecule is CCOc1ccc(/C=N\NC(=O)c2cccc(C(F)(F)F)c2)c2ccccc12. The number of amides is 1. The molecule has 0 aliphatic heterocycles. The number of hydrogen-bond acceptors (Lipinski definition) is 3. The Morgan fingerprint density at radius 2 is 1.82 bits per heavy atom. The lowest BCUT2D eigenvalue weighted by molar-refractivity contribution is -0.137. The molecule has 0 fully saturated rings. The maximum Gasteiger partial charge on any atom is 0.416 e. The average Bonchev–Trinajstić information content (AvgIpc) is 2.69. The van der Waals surface area contributed by atoms with Crippen LogP contribution in [0.5, 0.6) is 5.75 Å². The monoisotopic (exact) mass is 386 g/mol. The Hall–Kier alpha value is -3.35. The molecule has 0 aliphatic rings. The van der Waals surface area contributed by atoms with Crippen molar-refractivity contribution in [2.45, 2.75) is 13.1 Å². The molecule has 0 saturated carbocycles. The van der Waals surface area contributed by atoms with Gasteiger partial charge in [-0.1, -0.05) is 30.3 Å². The molecule has 0 bridgehead atoms. The fourth-order valence-corrected chi connectivity index (χ4v) is 2.75. The highest BCUT2D eigenvalue weighted by atomic mass is 19.4. The topological polar surface area (TPSA) is 50.7 Å². The van der Waals surface area contributed by atoms with Crippen LogP contribution in [-0.2, 0) is 6.18 Å². The minimum Gasteiger partial charge on any atom is -0.493 e. The maximum absolute atomic E-state index is 12.8. The zero-order valence-electron chi connectivity index (χ0n) is 15.0. The molecule has 0 heterocycles. The molecule has 3 aromatic carbocycles. The molecule has 0 atom stereocenters. The van der Waals surface area contributed by atoms with Crippen molar-refractivity contribution in [2.24, 2.45) is 5.10 Å². The number of carbonyl (C=O) groups excluding carboxylic acids is 1. The predicted octanol–water partition coefficient (Wildman–Crippen LogP) is 5.02. The van der Waals surface area contributed by atoms with Crippen LogP contribution in [0.1, 0.15) is 28.4 Å². The molecule has 0 aromatic heterocycles. The van der Waals surface area contributed by atoms with Gasteiger partial charge in [0, 0.05) is 16.5 Å². The number of alkyl halides is 3. The Kier molecular flexibility index (Phi) is 5.63. The molecule has 3 aromatic rings. The molecule has 1 N–H and O–H groups in total. The number of nitrogens with zero attached hydrogens (tertiary/aromatic N) is 1. The van der Waals surface area contributed by atoms with Crippen LogP contribution >= 0.6 is 0 Å². The highest BCUT2D eigenvalue weighted by Crippen LogP contribution is 2.30. The van der Waals surface area contributed by atoms with E-state index in [-0.39, 0.29) is 5.56 Å². The number of rotatable bonds is 5. The Balaban J connectivity index is 1.80. The second-order valence-corrected chi connectivity index (χ2v) is 5.91. The van der Waals surface area contributed by atoms with Crippen LogP contribution in [0, 0.1) is 0 Å². The first-order chi connectivity index (χ1) is 13.4. The minimum atomic E-state index is -4.51. The number of ether oxygens (including phenoxy) is 1. The van der Waals surface area contributed by atoms with Gasteiger partial charge in [-0.25, -0.2) is 5.43 Å². The van der Waals surface area contributed by atoms with Crippen molar-refractivity contribution in [3.05, 3.63) is 77.4 Å². The van der Waals surface area contributed by atoms with Crippen LogP contribution in [-0.4, -0.2) is 18.7 Å². The standard InChI is InChI=1S/C21H17F3N2O2/c1-2-28-19-11-10-15(17-8-3-4-9-18(17)19)13-25-26-20(27)14-6-5-7-16(12-14)21(22,23)24/h3-13H,2H2,1H3,(H,26,27)/b25-13-. The third-order valence-corrected chi connectivity index (χ3v) is 4.04. The largest absolute Gasteiger partial charge is 0.493 e. The molecule has 0 saturated heterocycles. The number of hydrogen-bond donors (Lipinski definition) is 1. The van der Waals surface area contributed by atoms with E-state index in [1.165, 1.54) is 18.3 Å². The van der Waals surface area contributed by atoms with Gasteiger partial charge in [-0.3, -0.25) is 4.79 Å². The smallest absolute Gasteiger partial charge is 0.416 e. The van der Waals surface area contributed by atoms with E-state index in [0.29, 0.717) is 6.61 Å². The highest BCUT2D eigenvalue weighted by molar-refractivity contribution is 6.03. The lowest BCUT2D eigenvalue weighted by Gasteiger charge is -2.09. The minimum absolute atomic E-state index is 0.122. The first-order valence-corrected chi connectivity index (χ1v) is 8.55. The highest BCUT2D eigenvalue weighted by Gasteiger charge is 2.30. The van der Waals surface area contributed by atoms with E-state index < -0.39 is 17.6 Å². The number of fused-ring (bicyclic) bond motifs is 1. The van der Waals surface area contributed by atoms with Gasteiger partial charge in [0.2, 0.25) is 0 Å². The van der Waals surface area contributed by atoms with E-state index in [1.54, 1.807) is 6.07 Å². The van der Waals surface area contributed by atoms with E-state index in [4.69, 9.17) is 4.74 Å². The van der Waals surface area contributed by atoms with Crippen molar-refractivity contribution >= 4 is 22.9 Å². The first kappa shape index (κ1) is 19.4. The maximum atomic E-state index is 12.8. The number of benzene rings is 3. The summed E-state index contributed by atoms with van der Waals surface area (Å²) >= 11 is 0. The van der Waals surface area contributed by atoms with Gasteiger partial charge in [0.1, 0.15) is 5.75 Å². The van der Waals surface area contributed by atoms with Crippen LogP contribution in [0.25, 0.3) is 10.8 Å². The van der Waals surface area contributed by atoms with Crippen molar-refractivity contribution in [3.63, 3.8) is 0 Å². The van der Waals surface area contributed by atoms with E-state index >= 15 is 0 Å². The van der Waals surface area contributed by atoms with Crippen LogP contribution in [0.3, 0.4) is 0 Å². The van der Waals surface area contributed by atoms with Gasteiger partial charge >= 0.3 is 6.18 Å². The van der Waals surface area contributed by atoms with Crippen molar-refractivity contribution < 1.29 is 22.7 Å². The summed E-state index contributed by atoms with van der Waals surface area (Å²) < 4.78 is 43.9. The summed E-state index contributed by atoms with van der Waals surface area (Å²) in [5.41, 5.74) is 1.99. The molecule has 4 nitrogen and oxygen atoms in total. The molecule has 0 aliphatic carbocycles. The zero-order chi connectivity index (χ0) is 20.1. The van der Waals surface area contributed by atoms with E-state index in [1.807, 2.05) is 37.3 Å². The van der Waals surface area contributed by atoms with Crippen LogP contribution in [0.15, 0.2) is 65.8 Å². The van der Waals surface area contributed by atoms with Gasteiger partial charge in [0.05, 0.1) is 18.4 Å². The first-order valence-electron chi connectivity index (χ1n) is 8.55. The Labute approximate surface area is 159 Å². The average molecular weight is 386 g/mol. The Bertz CT molecular complexity index is 1030. The van der Waals surface area contributed by atoms with Gasteiger partial charge in [0.25, 0.3) is 5.91 Å². The molecule has 28 heavy (non-hydrogen) atoms. The summed E-state index contributed by atoms with van der Waals surface area (Å²) in [6.45, 7) is 2.43. The van der Waals surface area contributed by atoms with Crippen LogP contribution in [0.2, 0.25) is 0 Å². The molecule has 0 unspecified atom stereocenters. The molecule has 7 heteroatoms. The summed E-state index contributed by atoms with van der Waals surface area (Å²) in [5.74, 6) is 0.0147. The van der Waals surface area contributed by atoms with Crippen LogP contribution in [0.4, 0.5) is 13.2 Å². The van der Waals surface area contributed by atoms with E-state index in [0.717, 1.165) is 34.2 Å². The molecule has 1 amide bonds. The third-order valence-electron chi connectivity index (χ3n) is 4.04. The quantitative estimate of drug-likeness (QED) is 0.494. The van der Waals surface area contributed by atoms with Crippen molar-refractivity contribution in [1.82, 2.24) is 5.43 Å². The molecule has 144 valence electrons. The van der Waals surface area contributed by atoms with Crippen molar-refractivity contribution in [3.8, 4) is 5.75 Å². The van der Waals surface area contributed by atoms with Gasteiger partial charge in [-0.05, 0) is 42.6 Å². The molecular formula is C21H17F3N2O2. The lowest BCUT2D eigenvalue weighted by atomic mass is 10.0. The number of halogens is 3. The molecular weight excluding hydrogens is 369 g/mol. The lowest BCUT2D eigenvalue weighted by Crippen LogP contribution is -2.18. The number of hydrazone groups is 1. The fourth-order valence-electron chi connectivity index (χ4n) is 2.75. The fraction of sp³-hybridized carbons (Fsp3) is 0.143. The summed E-state index contributed by atoms with van der Waals surface area (Å²) in [5, 5.41) is 5.67. The van der Waals surface area contributed by atoms with Gasteiger partial charge in [-0.15, -0.1) is 0 Å². The summed E-state index contributed by atoms with van der Waals surface area (Å²) in [7, 11) is 0. The van der Waals surface area contributed by atoms with Gasteiger partial charge in [-0.2, -0.15) is 18.3 Å². The second kappa shape index (κ2) is 8.12. The third kappa shape index (κ3) is 4.31. The zero-order valence-corrected chi connectivity index (χ0v) is 15.0. The molecule has 0 spiro atoms. The van der Waals surface area contributed by atoms with E-state index in [9.17, 15) is 18.0 Å². The van der Waals surface area contributed by atoms with E-state index in [2.05, 4.69) is 10.5 Å². The normalized spacial score (nSPS) is 11.7. The second-order valence-electron chi connectivity index (χ2n) is 5.91. The Morgan fingerprint density at radius 1 is 1.07 bits per heavy atom. The summed E-state index contributed by atoms with van der Waals surface area (Å²) in [4.78, 5) is 12.1. The van der Waals surface area contributed by atoms with Gasteiger partial charge in [0.15, 0.2) is 0 Å². The summed E-state index contributed by atoms with van der Waals surface area (Å²) in [6, 6.07) is 15.4. The van der Waals surface area contributed by atoms with Gasteiger partial charge < -0.3 is 4.74 Å².